The molecule has 1 aromatic carbocycles. The van der Waals surface area contributed by atoms with Crippen LogP contribution in [-0.2, 0) is 11.2 Å². The van der Waals surface area contributed by atoms with Crippen molar-refractivity contribution in [3.63, 3.8) is 0 Å². The van der Waals surface area contributed by atoms with E-state index in [1.807, 2.05) is 12.1 Å². The quantitative estimate of drug-likeness (QED) is 0.564. The highest BCUT2D eigenvalue weighted by molar-refractivity contribution is 5.26. The third-order valence-corrected chi connectivity index (χ3v) is 6.42. The first-order valence-corrected chi connectivity index (χ1v) is 10.2. The first kappa shape index (κ1) is 19.7. The molecule has 2 fully saturated rings. The van der Waals surface area contributed by atoms with Gasteiger partial charge in [-0.05, 0) is 87.2 Å². The number of benzene rings is 1. The highest BCUT2D eigenvalue weighted by atomic mass is 19.4. The van der Waals surface area contributed by atoms with E-state index in [4.69, 9.17) is 4.74 Å². The Morgan fingerprint density at radius 1 is 0.846 bits per heavy atom. The molecular formula is C22H31F3O. The summed E-state index contributed by atoms with van der Waals surface area (Å²) in [6, 6.07) is 7.15. The van der Waals surface area contributed by atoms with Gasteiger partial charge in [-0.3, -0.25) is 0 Å². The van der Waals surface area contributed by atoms with Crippen LogP contribution in [0.25, 0.3) is 0 Å². The normalized spacial score (nSPS) is 30.3. The summed E-state index contributed by atoms with van der Waals surface area (Å²) < 4.78 is 43.2. The zero-order valence-corrected chi connectivity index (χ0v) is 15.7. The van der Waals surface area contributed by atoms with Gasteiger partial charge in [-0.15, -0.1) is 0 Å². The van der Waals surface area contributed by atoms with Crippen molar-refractivity contribution in [1.29, 1.82) is 0 Å². The molecule has 0 spiro atoms. The molecule has 0 saturated heterocycles. The minimum Gasteiger partial charge on any atom is -0.379 e. The van der Waals surface area contributed by atoms with Crippen molar-refractivity contribution in [3.8, 4) is 0 Å². The Morgan fingerprint density at radius 2 is 1.38 bits per heavy atom. The van der Waals surface area contributed by atoms with Gasteiger partial charge in [-0.1, -0.05) is 24.3 Å². The summed E-state index contributed by atoms with van der Waals surface area (Å²) in [6.07, 6.45) is 5.41. The summed E-state index contributed by atoms with van der Waals surface area (Å²) in [7, 11) is 0. The lowest BCUT2D eigenvalue weighted by atomic mass is 9.69. The van der Waals surface area contributed by atoms with Crippen molar-refractivity contribution in [3.05, 3.63) is 35.4 Å². The minimum atomic E-state index is -4.12. The average Bonchev–Trinajstić information content (AvgIpc) is 2.62. The summed E-state index contributed by atoms with van der Waals surface area (Å²) in [5.41, 5.74) is 1.58. The van der Waals surface area contributed by atoms with E-state index >= 15 is 0 Å². The van der Waals surface area contributed by atoms with Crippen molar-refractivity contribution in [2.75, 3.05) is 6.61 Å². The first-order chi connectivity index (χ1) is 12.4. The van der Waals surface area contributed by atoms with Gasteiger partial charge in [0.2, 0.25) is 0 Å². The summed E-state index contributed by atoms with van der Waals surface area (Å²) in [4.78, 5) is 0. The predicted octanol–water partition coefficient (Wildman–Crippen LogP) is 6.66. The Labute approximate surface area is 155 Å². The Hall–Kier alpha value is -1.03. The van der Waals surface area contributed by atoms with Crippen LogP contribution in [0.5, 0.6) is 0 Å². The number of ether oxygens (including phenoxy) is 1. The van der Waals surface area contributed by atoms with Gasteiger partial charge in [0.15, 0.2) is 0 Å². The largest absolute Gasteiger partial charge is 0.393 e. The predicted molar refractivity (Wildman–Crippen MR) is 98.3 cm³/mol. The second kappa shape index (κ2) is 8.77. The molecule has 2 aliphatic rings. The molecule has 0 aliphatic heterocycles. The zero-order chi connectivity index (χ0) is 18.6. The maximum absolute atomic E-state index is 12.5. The van der Waals surface area contributed by atoms with Crippen molar-refractivity contribution in [1.82, 2.24) is 0 Å². The van der Waals surface area contributed by atoms with E-state index in [-0.39, 0.29) is 0 Å². The maximum atomic E-state index is 12.5. The minimum absolute atomic E-state index is 0.362. The van der Waals surface area contributed by atoms with Gasteiger partial charge in [-0.2, -0.15) is 13.2 Å². The topological polar surface area (TPSA) is 9.23 Å². The standard InChI is InChI=1S/C22H31F3O/c1-2-26-21-13-11-20(12-14-21)19-9-7-18(8-10-19)17-5-3-16(4-6-17)15-22(23,24)25/h3-6,18-21H,2,7-15H2,1H3/t18?,19?,20-,21-. The number of alkyl halides is 3. The smallest absolute Gasteiger partial charge is 0.379 e. The molecule has 2 aliphatic carbocycles. The van der Waals surface area contributed by atoms with Crippen LogP contribution in [0.2, 0.25) is 0 Å². The molecule has 0 unspecified atom stereocenters. The number of rotatable bonds is 5. The van der Waals surface area contributed by atoms with Crippen LogP contribution >= 0.6 is 0 Å². The van der Waals surface area contributed by atoms with E-state index < -0.39 is 12.6 Å². The van der Waals surface area contributed by atoms with Gasteiger partial charge in [0, 0.05) is 6.61 Å². The van der Waals surface area contributed by atoms with E-state index in [0.717, 1.165) is 18.4 Å². The summed E-state index contributed by atoms with van der Waals surface area (Å²) in [5, 5.41) is 0. The molecule has 1 aromatic rings. The Kier molecular flexibility index (Phi) is 6.65. The lowest BCUT2D eigenvalue weighted by Crippen LogP contribution is -2.28. The molecule has 4 heteroatoms. The molecule has 146 valence electrons. The summed E-state index contributed by atoms with van der Waals surface area (Å²) >= 11 is 0. The molecule has 0 bridgehead atoms. The second-order valence-corrected chi connectivity index (χ2v) is 8.14. The fourth-order valence-corrected chi connectivity index (χ4v) is 5.03. The Morgan fingerprint density at radius 3 is 1.88 bits per heavy atom. The van der Waals surface area contributed by atoms with Gasteiger partial charge in [0.25, 0.3) is 0 Å². The lowest BCUT2D eigenvalue weighted by molar-refractivity contribution is -0.127. The molecule has 3 rings (SSSR count). The van der Waals surface area contributed by atoms with Crippen LogP contribution < -0.4 is 0 Å². The molecule has 1 nitrogen and oxygen atoms in total. The van der Waals surface area contributed by atoms with Crippen molar-refractivity contribution >= 4 is 0 Å². The summed E-state index contributed by atoms with van der Waals surface area (Å²) in [5.74, 6) is 2.20. The second-order valence-electron chi connectivity index (χ2n) is 8.14. The van der Waals surface area contributed by atoms with Gasteiger partial charge < -0.3 is 4.74 Å². The van der Waals surface area contributed by atoms with Crippen LogP contribution in [0, 0.1) is 11.8 Å². The van der Waals surface area contributed by atoms with Gasteiger partial charge in [0.05, 0.1) is 12.5 Å². The monoisotopic (exact) mass is 368 g/mol. The van der Waals surface area contributed by atoms with Crippen LogP contribution in [0.1, 0.15) is 75.3 Å². The molecule has 0 heterocycles. The van der Waals surface area contributed by atoms with Crippen LogP contribution in [0.15, 0.2) is 24.3 Å². The van der Waals surface area contributed by atoms with Crippen molar-refractivity contribution in [2.45, 2.75) is 82.9 Å². The number of hydrogen-bond acceptors (Lipinski definition) is 1. The van der Waals surface area contributed by atoms with Gasteiger partial charge >= 0.3 is 6.18 Å². The van der Waals surface area contributed by atoms with Crippen LogP contribution in [0.4, 0.5) is 13.2 Å². The van der Waals surface area contributed by atoms with Crippen molar-refractivity contribution in [2.24, 2.45) is 11.8 Å². The first-order valence-electron chi connectivity index (χ1n) is 10.2. The average molecular weight is 368 g/mol. The highest BCUT2D eigenvalue weighted by Crippen LogP contribution is 2.43. The third kappa shape index (κ3) is 5.48. The molecule has 2 saturated carbocycles. The molecule has 0 N–H and O–H groups in total. The van der Waals surface area contributed by atoms with Gasteiger partial charge in [0.1, 0.15) is 0 Å². The number of hydrogen-bond donors (Lipinski definition) is 0. The lowest BCUT2D eigenvalue weighted by Gasteiger charge is -2.38. The Bertz CT molecular complexity index is 536. The molecule has 26 heavy (non-hydrogen) atoms. The fourth-order valence-electron chi connectivity index (χ4n) is 5.03. The SMILES string of the molecule is CCO[C@H]1CC[C@H](C2CCC(c3ccc(CC(F)(F)F)cc3)CC2)CC1. The maximum Gasteiger partial charge on any atom is 0.393 e. The van der Waals surface area contributed by atoms with Crippen LogP contribution in [-0.4, -0.2) is 18.9 Å². The van der Waals surface area contributed by atoms with E-state index in [0.29, 0.717) is 17.6 Å². The molecule has 0 amide bonds. The molecule has 0 radical (unpaired) electrons. The van der Waals surface area contributed by atoms with E-state index in [1.165, 1.54) is 56.9 Å². The van der Waals surface area contributed by atoms with Crippen LogP contribution in [0.3, 0.4) is 0 Å². The molecule has 0 atom stereocenters. The van der Waals surface area contributed by atoms with Gasteiger partial charge in [-0.25, -0.2) is 0 Å². The molecule has 0 aromatic heterocycles. The third-order valence-electron chi connectivity index (χ3n) is 6.42. The highest BCUT2D eigenvalue weighted by Gasteiger charge is 2.32. The van der Waals surface area contributed by atoms with E-state index in [1.54, 1.807) is 12.1 Å². The Balaban J connectivity index is 1.46. The fraction of sp³-hybridized carbons (Fsp3) is 0.727. The van der Waals surface area contributed by atoms with Crippen molar-refractivity contribution < 1.29 is 17.9 Å². The van der Waals surface area contributed by atoms with E-state index in [2.05, 4.69) is 6.92 Å². The summed E-state index contributed by atoms with van der Waals surface area (Å²) in [6.45, 7) is 2.89. The van der Waals surface area contributed by atoms with E-state index in [9.17, 15) is 13.2 Å². The zero-order valence-electron chi connectivity index (χ0n) is 15.7. The molecular weight excluding hydrogens is 337 g/mol. The number of halogens is 3.